The summed E-state index contributed by atoms with van der Waals surface area (Å²) in [5.41, 5.74) is 1.15. The smallest absolute Gasteiger partial charge is 0.251 e. The van der Waals surface area contributed by atoms with Crippen LogP contribution in [0.1, 0.15) is 55.7 Å². The van der Waals surface area contributed by atoms with Crippen LogP contribution >= 0.6 is 0 Å². The van der Waals surface area contributed by atoms with Gasteiger partial charge in [0.1, 0.15) is 5.65 Å². The van der Waals surface area contributed by atoms with Crippen molar-refractivity contribution in [3.05, 3.63) is 33.9 Å². The molecule has 2 aromatic rings. The molecule has 1 saturated heterocycles. The number of carbonyl (C=O) groups excluding carboxylic acids is 2. The molecule has 0 unspecified atom stereocenters. The summed E-state index contributed by atoms with van der Waals surface area (Å²) in [4.78, 5) is 40.1. The van der Waals surface area contributed by atoms with E-state index >= 15 is 0 Å². The van der Waals surface area contributed by atoms with Gasteiger partial charge in [-0.25, -0.2) is 4.52 Å². The van der Waals surface area contributed by atoms with Crippen molar-refractivity contribution in [1.29, 1.82) is 0 Å². The first-order valence-electron chi connectivity index (χ1n) is 9.94. The lowest BCUT2D eigenvalue weighted by atomic mass is 9.93. The Balaban J connectivity index is 1.64. The molecule has 10 heteroatoms. The molecule has 2 fully saturated rings. The van der Waals surface area contributed by atoms with E-state index in [-0.39, 0.29) is 29.1 Å². The van der Waals surface area contributed by atoms with Crippen molar-refractivity contribution in [3.63, 3.8) is 0 Å². The van der Waals surface area contributed by atoms with Gasteiger partial charge in [0, 0.05) is 31.0 Å². The number of amides is 2. The van der Waals surface area contributed by atoms with Crippen LogP contribution in [0.25, 0.3) is 5.65 Å². The van der Waals surface area contributed by atoms with E-state index in [1.165, 1.54) is 12.3 Å². The Hall–Kier alpha value is -3.17. The van der Waals surface area contributed by atoms with Gasteiger partial charge in [0.15, 0.2) is 5.84 Å². The average molecular weight is 400 g/mol. The Kier molecular flexibility index (Phi) is 5.32. The van der Waals surface area contributed by atoms with Crippen LogP contribution in [0.2, 0.25) is 0 Å². The SMILES string of the molecule is O=CN1CCC(c2cc(=O)[nH]c3c(/C(=N\O)NC(=O)C4CCCC4)cnn23)CC1. The fourth-order valence-electron chi connectivity index (χ4n) is 4.33. The maximum absolute atomic E-state index is 12.5. The zero-order chi connectivity index (χ0) is 20.4. The molecule has 3 heterocycles. The monoisotopic (exact) mass is 400 g/mol. The highest BCUT2D eigenvalue weighted by Gasteiger charge is 2.27. The Labute approximate surface area is 166 Å². The van der Waals surface area contributed by atoms with Crippen LogP contribution in [0, 0.1) is 5.92 Å². The fourth-order valence-corrected chi connectivity index (χ4v) is 4.33. The van der Waals surface area contributed by atoms with Gasteiger partial charge in [0.25, 0.3) is 5.56 Å². The molecule has 1 aliphatic carbocycles. The van der Waals surface area contributed by atoms with Gasteiger partial charge in [-0.3, -0.25) is 14.4 Å². The number of hydrogen-bond acceptors (Lipinski definition) is 6. The lowest BCUT2D eigenvalue weighted by Gasteiger charge is -2.29. The minimum Gasteiger partial charge on any atom is -0.409 e. The van der Waals surface area contributed by atoms with Crippen molar-refractivity contribution in [2.75, 3.05) is 13.1 Å². The Morgan fingerprint density at radius 2 is 2.00 bits per heavy atom. The fraction of sp³-hybridized carbons (Fsp3) is 0.526. The van der Waals surface area contributed by atoms with Gasteiger partial charge in [-0.1, -0.05) is 18.0 Å². The molecule has 0 spiro atoms. The minimum absolute atomic E-state index is 0.0273. The van der Waals surface area contributed by atoms with Crippen molar-refractivity contribution in [2.45, 2.75) is 44.4 Å². The van der Waals surface area contributed by atoms with Gasteiger partial charge < -0.3 is 20.4 Å². The topological polar surface area (TPSA) is 132 Å². The predicted molar refractivity (Wildman–Crippen MR) is 104 cm³/mol. The zero-order valence-electron chi connectivity index (χ0n) is 16.0. The standard InChI is InChI=1S/C19H24N6O4/c26-11-24-7-5-12(6-8-24)15-9-16(27)21-18-14(10-20-25(15)18)17(23-29)22-19(28)13-3-1-2-4-13/h9-13,29H,1-8H2,(H,21,27)(H,22,23,28). The molecular weight excluding hydrogens is 376 g/mol. The second-order valence-corrected chi connectivity index (χ2v) is 7.71. The number of H-pyrrole nitrogens is 1. The van der Waals surface area contributed by atoms with Crippen molar-refractivity contribution in [2.24, 2.45) is 11.1 Å². The molecule has 0 bridgehead atoms. The third-order valence-corrected chi connectivity index (χ3v) is 5.95. The van der Waals surface area contributed by atoms with E-state index in [4.69, 9.17) is 0 Å². The van der Waals surface area contributed by atoms with Gasteiger partial charge in [0.05, 0.1) is 17.5 Å². The molecule has 29 heavy (non-hydrogen) atoms. The lowest BCUT2D eigenvalue weighted by Crippen LogP contribution is -2.35. The Bertz CT molecular complexity index is 996. The number of likely N-dealkylation sites (tertiary alicyclic amines) is 1. The predicted octanol–water partition coefficient (Wildman–Crippen LogP) is 0.801. The average Bonchev–Trinajstić information content (AvgIpc) is 3.42. The van der Waals surface area contributed by atoms with Crippen LogP contribution in [-0.2, 0) is 9.59 Å². The number of aromatic amines is 1. The largest absolute Gasteiger partial charge is 0.409 e. The molecule has 0 atom stereocenters. The maximum atomic E-state index is 12.5. The van der Waals surface area contributed by atoms with Crippen LogP contribution in [0.15, 0.2) is 22.2 Å². The molecule has 2 aromatic heterocycles. The maximum Gasteiger partial charge on any atom is 0.251 e. The van der Waals surface area contributed by atoms with Gasteiger partial charge in [0.2, 0.25) is 12.3 Å². The number of carbonyl (C=O) groups is 2. The molecule has 1 saturated carbocycles. The number of hydrogen-bond donors (Lipinski definition) is 3. The summed E-state index contributed by atoms with van der Waals surface area (Å²) in [6.07, 6.45) is 7.43. The van der Waals surface area contributed by atoms with E-state index in [0.717, 1.165) is 50.6 Å². The molecule has 10 nitrogen and oxygen atoms in total. The summed E-state index contributed by atoms with van der Waals surface area (Å²) >= 11 is 0. The molecule has 1 aliphatic heterocycles. The van der Waals surface area contributed by atoms with E-state index in [2.05, 4.69) is 20.6 Å². The molecular formula is C19H24N6O4. The summed E-state index contributed by atoms with van der Waals surface area (Å²) in [5.74, 6) is -0.229. The summed E-state index contributed by atoms with van der Waals surface area (Å²) in [7, 11) is 0. The van der Waals surface area contributed by atoms with Crippen molar-refractivity contribution in [3.8, 4) is 0 Å². The highest BCUT2D eigenvalue weighted by molar-refractivity contribution is 6.11. The second-order valence-electron chi connectivity index (χ2n) is 7.71. The Morgan fingerprint density at radius 3 is 2.66 bits per heavy atom. The van der Waals surface area contributed by atoms with E-state index in [9.17, 15) is 19.6 Å². The third kappa shape index (κ3) is 3.74. The number of nitrogens with zero attached hydrogens (tertiary/aromatic N) is 4. The first-order chi connectivity index (χ1) is 14.1. The zero-order valence-corrected chi connectivity index (χ0v) is 16.0. The molecule has 0 aromatic carbocycles. The van der Waals surface area contributed by atoms with Gasteiger partial charge in [-0.2, -0.15) is 5.10 Å². The third-order valence-electron chi connectivity index (χ3n) is 5.95. The number of nitrogens with one attached hydrogen (secondary N) is 2. The molecule has 2 aliphatic rings. The summed E-state index contributed by atoms with van der Waals surface area (Å²) in [6.45, 7) is 1.24. The van der Waals surface area contributed by atoms with Crippen LogP contribution in [-0.4, -0.2) is 55.9 Å². The number of oxime groups is 1. The van der Waals surface area contributed by atoms with Gasteiger partial charge >= 0.3 is 0 Å². The lowest BCUT2D eigenvalue weighted by molar-refractivity contribution is -0.123. The highest BCUT2D eigenvalue weighted by atomic mass is 16.4. The highest BCUT2D eigenvalue weighted by Crippen LogP contribution is 2.28. The number of aromatic nitrogens is 3. The van der Waals surface area contributed by atoms with E-state index in [1.54, 1.807) is 9.42 Å². The molecule has 0 radical (unpaired) electrons. The van der Waals surface area contributed by atoms with Crippen LogP contribution in [0.5, 0.6) is 0 Å². The second kappa shape index (κ2) is 8.06. The van der Waals surface area contributed by atoms with Crippen molar-refractivity contribution < 1.29 is 14.8 Å². The van der Waals surface area contributed by atoms with Crippen LogP contribution in [0.3, 0.4) is 0 Å². The van der Waals surface area contributed by atoms with Crippen molar-refractivity contribution >= 4 is 23.8 Å². The van der Waals surface area contributed by atoms with Crippen LogP contribution in [0.4, 0.5) is 0 Å². The summed E-state index contributed by atoms with van der Waals surface area (Å²) in [5, 5.41) is 19.8. The first kappa shape index (κ1) is 19.2. The molecule has 4 rings (SSSR count). The summed E-state index contributed by atoms with van der Waals surface area (Å²) < 4.78 is 1.62. The van der Waals surface area contributed by atoms with Gasteiger partial charge in [-0.05, 0) is 25.7 Å². The molecule has 3 N–H and O–H groups in total. The van der Waals surface area contributed by atoms with Crippen molar-refractivity contribution in [1.82, 2.24) is 24.8 Å². The number of fused-ring (bicyclic) bond motifs is 1. The normalized spacial score (nSPS) is 19.0. The van der Waals surface area contributed by atoms with Crippen LogP contribution < -0.4 is 10.9 Å². The van der Waals surface area contributed by atoms with E-state index in [0.29, 0.717) is 24.3 Å². The van der Waals surface area contributed by atoms with E-state index in [1.807, 2.05) is 0 Å². The van der Waals surface area contributed by atoms with E-state index < -0.39 is 0 Å². The Morgan fingerprint density at radius 1 is 1.28 bits per heavy atom. The number of amidine groups is 1. The first-order valence-corrected chi connectivity index (χ1v) is 9.94. The summed E-state index contributed by atoms with van der Waals surface area (Å²) in [6, 6.07) is 1.51. The number of rotatable bonds is 4. The minimum atomic E-state index is -0.300. The molecule has 154 valence electrons. The quantitative estimate of drug-likeness (QED) is 0.230. The number of piperidine rings is 1. The molecule has 2 amide bonds. The van der Waals surface area contributed by atoms with Gasteiger partial charge in [-0.15, -0.1) is 0 Å².